The molecule has 4 aromatic rings. The zero-order valence-corrected chi connectivity index (χ0v) is 18.2. The number of ether oxygens (including phenoxy) is 3. The molecule has 0 bridgehead atoms. The van der Waals surface area contributed by atoms with Gasteiger partial charge in [0.15, 0.2) is 11.5 Å². The Kier molecular flexibility index (Phi) is 4.95. The summed E-state index contributed by atoms with van der Waals surface area (Å²) >= 11 is 0. The van der Waals surface area contributed by atoms with E-state index in [1.807, 2.05) is 47.0 Å². The Bertz CT molecular complexity index is 1320. The Hall–Kier alpha value is -3.85. The highest BCUT2D eigenvalue weighted by Crippen LogP contribution is 2.37. The highest BCUT2D eigenvalue weighted by Gasteiger charge is 2.21. The predicted octanol–water partition coefficient (Wildman–Crippen LogP) is 3.38. The first-order chi connectivity index (χ1) is 16.3. The van der Waals surface area contributed by atoms with Crippen LogP contribution in [0.3, 0.4) is 0 Å². The maximum atomic E-state index is 5.60. The van der Waals surface area contributed by atoms with Gasteiger partial charge < -0.3 is 24.8 Å². The number of nitrogens with one attached hydrogen (secondary N) is 2. The number of methoxy groups -OCH3 is 1. The lowest BCUT2D eigenvalue weighted by Crippen LogP contribution is -2.38. The van der Waals surface area contributed by atoms with E-state index in [1.165, 1.54) is 0 Å². The van der Waals surface area contributed by atoms with Crippen LogP contribution < -0.4 is 24.8 Å². The van der Waals surface area contributed by atoms with Crippen LogP contribution in [-0.4, -0.2) is 52.6 Å². The van der Waals surface area contributed by atoms with Crippen molar-refractivity contribution in [2.24, 2.45) is 0 Å². The number of aromatic nitrogens is 4. The number of benzene rings is 2. The van der Waals surface area contributed by atoms with Crippen molar-refractivity contribution in [3.63, 3.8) is 0 Å². The van der Waals surface area contributed by atoms with E-state index in [-0.39, 0.29) is 6.79 Å². The first-order valence-corrected chi connectivity index (χ1v) is 11.1. The number of piperidine rings is 1. The standard InChI is InChI=1S/C24H24N6O3/c1-31-17-5-6-18-19(12-17)30(23(28-18)15-4-7-20-21(11-15)33-14-32-20)22-8-10-26-24(29-22)27-16-3-2-9-25-13-16/h4-8,10-12,16,25H,2-3,9,13-14H2,1H3,(H,26,27,29). The minimum Gasteiger partial charge on any atom is -0.497 e. The second-order valence-electron chi connectivity index (χ2n) is 8.12. The van der Waals surface area contributed by atoms with Crippen LogP contribution >= 0.6 is 0 Å². The highest BCUT2D eigenvalue weighted by atomic mass is 16.7. The minimum absolute atomic E-state index is 0.226. The summed E-state index contributed by atoms with van der Waals surface area (Å²) in [6, 6.07) is 13.9. The molecule has 2 aromatic heterocycles. The molecule has 4 heterocycles. The summed E-state index contributed by atoms with van der Waals surface area (Å²) in [5.41, 5.74) is 2.64. The van der Waals surface area contributed by atoms with E-state index in [0.29, 0.717) is 17.7 Å². The summed E-state index contributed by atoms with van der Waals surface area (Å²) in [4.78, 5) is 14.2. The molecule has 0 spiro atoms. The van der Waals surface area contributed by atoms with E-state index in [1.54, 1.807) is 13.3 Å². The van der Waals surface area contributed by atoms with Gasteiger partial charge in [0.05, 0.1) is 18.1 Å². The zero-order chi connectivity index (χ0) is 22.2. The Morgan fingerprint density at radius 2 is 2.03 bits per heavy atom. The number of imidazole rings is 1. The van der Waals surface area contributed by atoms with Crippen LogP contribution in [-0.2, 0) is 0 Å². The van der Waals surface area contributed by atoms with Gasteiger partial charge in [0.25, 0.3) is 0 Å². The molecule has 33 heavy (non-hydrogen) atoms. The van der Waals surface area contributed by atoms with Crippen LogP contribution in [0.1, 0.15) is 12.8 Å². The largest absolute Gasteiger partial charge is 0.497 e. The second-order valence-corrected chi connectivity index (χ2v) is 8.12. The molecule has 0 aliphatic carbocycles. The first kappa shape index (κ1) is 19.8. The SMILES string of the molecule is COc1ccc2nc(-c3ccc4c(c3)OCO4)n(-c3ccnc(NC4CCCNC4)n3)c2c1. The monoisotopic (exact) mass is 444 g/mol. The van der Waals surface area contributed by atoms with Crippen molar-refractivity contribution in [3.8, 4) is 34.5 Å². The summed E-state index contributed by atoms with van der Waals surface area (Å²) in [7, 11) is 1.66. The van der Waals surface area contributed by atoms with E-state index in [2.05, 4.69) is 15.6 Å². The molecule has 2 aromatic carbocycles. The number of rotatable bonds is 5. The number of fused-ring (bicyclic) bond motifs is 2. The van der Waals surface area contributed by atoms with Crippen LogP contribution in [0, 0.1) is 0 Å². The van der Waals surface area contributed by atoms with Gasteiger partial charge >= 0.3 is 0 Å². The summed E-state index contributed by atoms with van der Waals surface area (Å²) in [5, 5.41) is 6.88. The lowest BCUT2D eigenvalue weighted by Gasteiger charge is -2.23. The van der Waals surface area contributed by atoms with E-state index >= 15 is 0 Å². The molecule has 1 atom stereocenters. The topological polar surface area (TPSA) is 95.3 Å². The van der Waals surface area contributed by atoms with Crippen molar-refractivity contribution in [2.45, 2.75) is 18.9 Å². The smallest absolute Gasteiger partial charge is 0.231 e. The van der Waals surface area contributed by atoms with Crippen LogP contribution in [0.15, 0.2) is 48.7 Å². The number of hydrogen-bond donors (Lipinski definition) is 2. The third kappa shape index (κ3) is 3.70. The molecule has 6 rings (SSSR count). The highest BCUT2D eigenvalue weighted by molar-refractivity contribution is 5.84. The van der Waals surface area contributed by atoms with Crippen LogP contribution in [0.5, 0.6) is 17.2 Å². The van der Waals surface area contributed by atoms with Gasteiger partial charge in [0.1, 0.15) is 17.4 Å². The van der Waals surface area contributed by atoms with Crippen molar-refractivity contribution >= 4 is 17.0 Å². The third-order valence-electron chi connectivity index (χ3n) is 5.99. The van der Waals surface area contributed by atoms with Gasteiger partial charge in [-0.1, -0.05) is 0 Å². The Morgan fingerprint density at radius 3 is 2.91 bits per heavy atom. The van der Waals surface area contributed by atoms with Crippen LogP contribution in [0.2, 0.25) is 0 Å². The van der Waals surface area contributed by atoms with E-state index in [4.69, 9.17) is 24.2 Å². The van der Waals surface area contributed by atoms with Crippen LogP contribution in [0.4, 0.5) is 5.95 Å². The van der Waals surface area contributed by atoms with Gasteiger partial charge in [-0.15, -0.1) is 0 Å². The van der Waals surface area contributed by atoms with Gasteiger partial charge in [-0.25, -0.2) is 9.97 Å². The molecule has 1 unspecified atom stereocenters. The molecule has 0 saturated carbocycles. The molecular formula is C24H24N6O3. The second kappa shape index (κ2) is 8.25. The Labute approximate surface area is 190 Å². The van der Waals surface area contributed by atoms with E-state index in [0.717, 1.165) is 65.7 Å². The molecule has 9 nitrogen and oxygen atoms in total. The lowest BCUT2D eigenvalue weighted by molar-refractivity contribution is 0.174. The van der Waals surface area contributed by atoms with Gasteiger partial charge in [0.2, 0.25) is 12.7 Å². The van der Waals surface area contributed by atoms with Crippen molar-refractivity contribution < 1.29 is 14.2 Å². The first-order valence-electron chi connectivity index (χ1n) is 11.1. The molecule has 1 fully saturated rings. The summed E-state index contributed by atoms with van der Waals surface area (Å²) in [6.45, 7) is 2.19. The Balaban J connectivity index is 1.48. The molecule has 2 aliphatic heterocycles. The minimum atomic E-state index is 0.226. The number of nitrogens with zero attached hydrogens (tertiary/aromatic N) is 4. The van der Waals surface area contributed by atoms with Gasteiger partial charge in [-0.3, -0.25) is 4.57 Å². The molecular weight excluding hydrogens is 420 g/mol. The summed E-state index contributed by atoms with van der Waals surface area (Å²) in [6.07, 6.45) is 4.00. The number of anilines is 1. The fourth-order valence-electron chi connectivity index (χ4n) is 4.34. The lowest BCUT2D eigenvalue weighted by atomic mass is 10.1. The zero-order valence-electron chi connectivity index (χ0n) is 18.2. The number of hydrogen-bond acceptors (Lipinski definition) is 8. The normalized spacial score (nSPS) is 17.3. The average molecular weight is 444 g/mol. The molecule has 2 aliphatic rings. The van der Waals surface area contributed by atoms with Gasteiger partial charge in [0, 0.05) is 30.4 Å². The van der Waals surface area contributed by atoms with Crippen molar-refractivity contribution in [2.75, 3.05) is 32.3 Å². The molecule has 0 amide bonds. The van der Waals surface area contributed by atoms with E-state index < -0.39 is 0 Å². The quantitative estimate of drug-likeness (QED) is 0.484. The maximum absolute atomic E-state index is 5.60. The third-order valence-corrected chi connectivity index (χ3v) is 5.99. The maximum Gasteiger partial charge on any atom is 0.231 e. The molecule has 9 heteroatoms. The molecule has 1 saturated heterocycles. The molecule has 168 valence electrons. The van der Waals surface area contributed by atoms with Crippen molar-refractivity contribution in [1.29, 1.82) is 0 Å². The summed E-state index contributed by atoms with van der Waals surface area (Å²) < 4.78 is 18.6. The van der Waals surface area contributed by atoms with Gasteiger partial charge in [-0.2, -0.15) is 4.98 Å². The predicted molar refractivity (Wildman–Crippen MR) is 124 cm³/mol. The fraction of sp³-hybridized carbons (Fsp3) is 0.292. The Morgan fingerprint density at radius 1 is 1.09 bits per heavy atom. The molecule has 0 radical (unpaired) electrons. The van der Waals surface area contributed by atoms with Crippen molar-refractivity contribution in [1.82, 2.24) is 24.8 Å². The van der Waals surface area contributed by atoms with Crippen LogP contribution in [0.25, 0.3) is 28.2 Å². The van der Waals surface area contributed by atoms with E-state index in [9.17, 15) is 0 Å². The fourth-order valence-corrected chi connectivity index (χ4v) is 4.34. The summed E-state index contributed by atoms with van der Waals surface area (Å²) in [5.74, 6) is 4.26. The van der Waals surface area contributed by atoms with Gasteiger partial charge in [-0.05, 0) is 55.8 Å². The van der Waals surface area contributed by atoms with Crippen molar-refractivity contribution in [3.05, 3.63) is 48.7 Å². The average Bonchev–Trinajstić information content (AvgIpc) is 3.48. The molecule has 2 N–H and O–H groups in total.